The second-order valence-electron chi connectivity index (χ2n) is 5.24. The zero-order valence-electron chi connectivity index (χ0n) is 11.3. The van der Waals surface area contributed by atoms with Gasteiger partial charge < -0.3 is 5.32 Å². The molecular formula is C16H11BrFN3O. The molecule has 2 aliphatic heterocycles. The average molecular weight is 360 g/mol. The van der Waals surface area contributed by atoms with Gasteiger partial charge in [0, 0.05) is 4.48 Å². The van der Waals surface area contributed by atoms with Crippen LogP contribution in [0.3, 0.4) is 0 Å². The van der Waals surface area contributed by atoms with E-state index in [0.717, 1.165) is 15.8 Å². The van der Waals surface area contributed by atoms with Crippen molar-refractivity contribution in [1.82, 2.24) is 10.2 Å². The van der Waals surface area contributed by atoms with Gasteiger partial charge in [0.1, 0.15) is 23.7 Å². The maximum atomic E-state index is 13.1. The Morgan fingerprint density at radius 3 is 2.77 bits per heavy atom. The summed E-state index contributed by atoms with van der Waals surface area (Å²) in [7, 11) is 0. The van der Waals surface area contributed by atoms with Crippen LogP contribution in [-0.2, 0) is 4.79 Å². The quantitative estimate of drug-likeness (QED) is 0.837. The van der Waals surface area contributed by atoms with Gasteiger partial charge in [0.2, 0.25) is 0 Å². The van der Waals surface area contributed by atoms with Crippen molar-refractivity contribution in [1.29, 1.82) is 0 Å². The molecule has 1 N–H and O–H groups in total. The number of fused-ring (bicyclic) bond motifs is 3. The van der Waals surface area contributed by atoms with Gasteiger partial charge in [-0.25, -0.2) is 4.39 Å². The van der Waals surface area contributed by atoms with Crippen molar-refractivity contribution in [3.63, 3.8) is 0 Å². The predicted octanol–water partition coefficient (Wildman–Crippen LogP) is 2.77. The van der Waals surface area contributed by atoms with E-state index in [1.54, 1.807) is 23.2 Å². The fraction of sp³-hybridized carbons (Fsp3) is 0.125. The number of aliphatic imine (C=N–C) groups is 1. The molecule has 1 amide bonds. The van der Waals surface area contributed by atoms with Crippen molar-refractivity contribution < 1.29 is 9.18 Å². The van der Waals surface area contributed by atoms with Crippen molar-refractivity contribution in [2.45, 2.75) is 12.1 Å². The minimum absolute atomic E-state index is 0.0675. The van der Waals surface area contributed by atoms with Crippen LogP contribution in [-0.4, -0.2) is 22.6 Å². The second kappa shape index (κ2) is 4.91. The van der Waals surface area contributed by atoms with E-state index in [9.17, 15) is 9.18 Å². The highest BCUT2D eigenvalue weighted by atomic mass is 79.9. The number of nitrogens with one attached hydrogen (secondary N) is 1. The Balaban J connectivity index is 1.70. The lowest BCUT2D eigenvalue weighted by Crippen LogP contribution is -2.42. The maximum Gasteiger partial charge on any atom is 0.256 e. The minimum Gasteiger partial charge on any atom is -0.355 e. The first-order valence-electron chi connectivity index (χ1n) is 6.82. The number of halogens is 2. The van der Waals surface area contributed by atoms with Crippen LogP contribution in [0, 0.1) is 5.82 Å². The maximum absolute atomic E-state index is 13.1. The van der Waals surface area contributed by atoms with Gasteiger partial charge in [0.25, 0.3) is 5.91 Å². The van der Waals surface area contributed by atoms with Crippen LogP contribution >= 0.6 is 15.9 Å². The molecule has 0 aromatic heterocycles. The van der Waals surface area contributed by atoms with E-state index in [0.29, 0.717) is 5.82 Å². The van der Waals surface area contributed by atoms with Gasteiger partial charge in [-0.05, 0) is 35.9 Å². The normalized spacial score (nSPS) is 25.8. The van der Waals surface area contributed by atoms with Gasteiger partial charge in [-0.2, -0.15) is 0 Å². The van der Waals surface area contributed by atoms with Crippen LogP contribution in [0.2, 0.25) is 0 Å². The summed E-state index contributed by atoms with van der Waals surface area (Å²) >= 11 is 3.44. The van der Waals surface area contributed by atoms with Crippen molar-refractivity contribution >= 4 is 27.5 Å². The molecule has 4 nitrogen and oxygen atoms in total. The molecule has 2 heterocycles. The number of benzene rings is 1. The summed E-state index contributed by atoms with van der Waals surface area (Å²) in [5, 5.41) is 3.17. The summed E-state index contributed by atoms with van der Waals surface area (Å²) in [5.74, 6) is 0.281. The lowest BCUT2D eigenvalue weighted by Gasteiger charge is -2.30. The first-order chi connectivity index (χ1) is 10.6. The number of amides is 1. The van der Waals surface area contributed by atoms with E-state index in [-0.39, 0.29) is 17.8 Å². The number of hydrogen-bond donors (Lipinski definition) is 1. The fourth-order valence-electron chi connectivity index (χ4n) is 2.82. The van der Waals surface area contributed by atoms with Gasteiger partial charge in [-0.1, -0.05) is 28.1 Å². The highest BCUT2D eigenvalue weighted by molar-refractivity contribution is 9.11. The number of allylic oxidation sites excluding steroid dienone is 2. The van der Waals surface area contributed by atoms with E-state index < -0.39 is 6.04 Å². The average Bonchev–Trinajstić information content (AvgIpc) is 2.85. The standard InChI is InChI=1S/C16H11BrFN3O/c17-10-3-6-12-13(7-10)21-14(8-19-12)20-15(16(21)22)9-1-4-11(18)5-2-9/h1-8,13,15,20H. The molecule has 6 heteroatoms. The molecule has 1 aromatic rings. The molecule has 2 unspecified atom stereocenters. The number of carbonyl (C=O) groups is 1. The lowest BCUT2D eigenvalue weighted by molar-refractivity contribution is -0.128. The molecule has 1 aromatic carbocycles. The fourth-order valence-corrected chi connectivity index (χ4v) is 3.20. The molecule has 0 radical (unpaired) electrons. The molecule has 2 atom stereocenters. The summed E-state index contributed by atoms with van der Waals surface area (Å²) in [4.78, 5) is 18.9. The molecule has 0 spiro atoms. The topological polar surface area (TPSA) is 44.7 Å². The Bertz CT molecular complexity index is 779. The molecule has 4 rings (SSSR count). The molecular weight excluding hydrogens is 349 g/mol. The monoisotopic (exact) mass is 359 g/mol. The highest BCUT2D eigenvalue weighted by Crippen LogP contribution is 2.33. The SMILES string of the molecule is O=C1C(c2ccc(F)cc2)NC2=CN=C3C=CC(Br)=CC3N12. The van der Waals surface area contributed by atoms with E-state index in [4.69, 9.17) is 0 Å². The van der Waals surface area contributed by atoms with Gasteiger partial charge in [0.15, 0.2) is 0 Å². The first-order valence-corrected chi connectivity index (χ1v) is 7.61. The van der Waals surface area contributed by atoms with E-state index in [1.807, 2.05) is 18.2 Å². The molecule has 22 heavy (non-hydrogen) atoms. The zero-order valence-corrected chi connectivity index (χ0v) is 12.9. The third-order valence-corrected chi connectivity index (χ3v) is 4.42. The molecule has 110 valence electrons. The largest absolute Gasteiger partial charge is 0.355 e. The zero-order chi connectivity index (χ0) is 15.3. The Hall–Kier alpha value is -2.21. The molecule has 3 aliphatic rings. The van der Waals surface area contributed by atoms with Crippen molar-refractivity contribution in [3.8, 4) is 0 Å². The Labute approximate surface area is 134 Å². The van der Waals surface area contributed by atoms with Crippen LogP contribution in [0.15, 0.2) is 64.0 Å². The van der Waals surface area contributed by atoms with Gasteiger partial charge in [-0.3, -0.25) is 14.7 Å². The van der Waals surface area contributed by atoms with Crippen LogP contribution < -0.4 is 5.32 Å². The minimum atomic E-state index is -0.514. The summed E-state index contributed by atoms with van der Waals surface area (Å²) < 4.78 is 14.0. The second-order valence-corrected chi connectivity index (χ2v) is 6.15. The number of nitrogens with zero attached hydrogens (tertiary/aromatic N) is 2. The van der Waals surface area contributed by atoms with Gasteiger partial charge in [-0.15, -0.1) is 0 Å². The first kappa shape index (κ1) is 13.5. The van der Waals surface area contributed by atoms with Gasteiger partial charge >= 0.3 is 0 Å². The van der Waals surface area contributed by atoms with Gasteiger partial charge in [0.05, 0.1) is 11.9 Å². The lowest BCUT2D eigenvalue weighted by atomic mass is 10.0. The number of carbonyl (C=O) groups excluding carboxylic acids is 1. The Morgan fingerprint density at radius 1 is 1.23 bits per heavy atom. The smallest absolute Gasteiger partial charge is 0.256 e. The summed E-state index contributed by atoms with van der Waals surface area (Å²) in [6.07, 6.45) is 7.39. The number of rotatable bonds is 1. The van der Waals surface area contributed by atoms with E-state index in [2.05, 4.69) is 26.2 Å². The van der Waals surface area contributed by atoms with E-state index in [1.165, 1.54) is 12.1 Å². The highest BCUT2D eigenvalue weighted by Gasteiger charge is 2.42. The van der Waals surface area contributed by atoms with Crippen molar-refractivity contribution in [2.75, 3.05) is 0 Å². The third-order valence-electron chi connectivity index (χ3n) is 3.89. The molecule has 0 saturated carbocycles. The summed E-state index contributed by atoms with van der Waals surface area (Å²) in [6.45, 7) is 0. The van der Waals surface area contributed by atoms with Crippen LogP contribution in [0.1, 0.15) is 11.6 Å². The van der Waals surface area contributed by atoms with Crippen LogP contribution in [0.25, 0.3) is 0 Å². The van der Waals surface area contributed by atoms with Crippen molar-refractivity contribution in [2.24, 2.45) is 4.99 Å². The Morgan fingerprint density at radius 2 is 2.00 bits per heavy atom. The molecule has 1 saturated heterocycles. The van der Waals surface area contributed by atoms with Crippen molar-refractivity contribution in [3.05, 3.63) is 70.4 Å². The summed E-state index contributed by atoms with van der Waals surface area (Å²) in [5.41, 5.74) is 1.56. The van der Waals surface area contributed by atoms with Crippen LogP contribution in [0.5, 0.6) is 0 Å². The molecule has 1 fully saturated rings. The third kappa shape index (κ3) is 2.02. The Kier molecular flexibility index (Phi) is 3.00. The summed E-state index contributed by atoms with van der Waals surface area (Å²) in [6, 6.07) is 5.23. The van der Waals surface area contributed by atoms with Crippen LogP contribution in [0.4, 0.5) is 4.39 Å². The molecule has 1 aliphatic carbocycles. The number of hydrogen-bond acceptors (Lipinski definition) is 3. The van der Waals surface area contributed by atoms with E-state index >= 15 is 0 Å². The molecule has 0 bridgehead atoms. The predicted molar refractivity (Wildman–Crippen MR) is 84.6 cm³/mol.